The normalized spacial score (nSPS) is 18.5. The highest BCUT2D eigenvalue weighted by atomic mass is 19.4. The lowest BCUT2D eigenvalue weighted by molar-refractivity contribution is -0.137. The van der Waals surface area contributed by atoms with E-state index >= 15 is 0 Å². The Bertz CT molecular complexity index is 1730. The standard InChI is InChI=1S/C30H36F3N13O/c1-28(2,19-35)6-9-41-10-12-42(13-11-41)25(47)18-44-17-23(15-36-44)38-27-39-26-24(4-3-8-45(26)40-27)43-20-29(21-43,5-7-34)46-16-22(14-37-46)30(31,32)33/h3-4,8,14,16-17,36H,5-6,9-13,15,18,20-21H2,1-2H3,(H,38,40). The fourth-order valence-electron chi connectivity index (χ4n) is 5.99. The first kappa shape index (κ1) is 32.1. The molecule has 0 spiro atoms. The number of fused-ring (bicyclic) bond motifs is 1. The SMILES string of the molecule is CC(C)(C#N)CCN1CCN(C(=O)CN2C=C(Nc3nc4c(N5CC(CC#N)(n6cc(C(F)(F)F)cn6)C5)cccn4n3)CN2)CC1. The van der Waals surface area contributed by atoms with E-state index in [4.69, 9.17) is 0 Å². The van der Waals surface area contributed by atoms with Crippen LogP contribution in [-0.4, -0.2) is 104 Å². The zero-order valence-corrected chi connectivity index (χ0v) is 26.2. The molecule has 0 bridgehead atoms. The van der Waals surface area contributed by atoms with Gasteiger partial charge >= 0.3 is 6.18 Å². The van der Waals surface area contributed by atoms with Gasteiger partial charge in [-0.3, -0.25) is 14.4 Å². The van der Waals surface area contributed by atoms with Gasteiger partial charge in [0.25, 0.3) is 0 Å². The second kappa shape index (κ2) is 12.4. The zero-order chi connectivity index (χ0) is 33.4. The van der Waals surface area contributed by atoms with E-state index in [2.05, 4.69) is 43.0 Å². The van der Waals surface area contributed by atoms with Crippen LogP contribution in [0.15, 0.2) is 42.6 Å². The van der Waals surface area contributed by atoms with Crippen molar-refractivity contribution in [2.45, 2.75) is 38.4 Å². The third-order valence-corrected chi connectivity index (χ3v) is 8.90. The first-order chi connectivity index (χ1) is 22.4. The van der Waals surface area contributed by atoms with Gasteiger partial charge in [-0.05, 0) is 38.9 Å². The van der Waals surface area contributed by atoms with Crippen molar-refractivity contribution in [3.63, 3.8) is 0 Å². The fourth-order valence-corrected chi connectivity index (χ4v) is 5.99. The molecule has 17 heteroatoms. The lowest BCUT2D eigenvalue weighted by Crippen LogP contribution is -2.63. The van der Waals surface area contributed by atoms with Crippen LogP contribution in [0.2, 0.25) is 0 Å². The van der Waals surface area contributed by atoms with E-state index < -0.39 is 17.3 Å². The smallest absolute Gasteiger partial charge is 0.363 e. The molecule has 3 aliphatic rings. The summed E-state index contributed by atoms with van der Waals surface area (Å²) < 4.78 is 42.5. The van der Waals surface area contributed by atoms with E-state index in [1.54, 1.807) is 21.8 Å². The molecule has 0 unspecified atom stereocenters. The average Bonchev–Trinajstić information content (AvgIpc) is 3.78. The molecule has 0 atom stereocenters. The van der Waals surface area contributed by atoms with E-state index in [0.717, 1.165) is 49.8 Å². The maximum atomic E-state index is 13.2. The second-order valence-electron chi connectivity index (χ2n) is 12.9. The Morgan fingerprint density at radius 3 is 2.62 bits per heavy atom. The van der Waals surface area contributed by atoms with Gasteiger partial charge in [-0.25, -0.2) is 9.94 Å². The molecular formula is C30H36F3N13O. The predicted molar refractivity (Wildman–Crippen MR) is 164 cm³/mol. The lowest BCUT2D eigenvalue weighted by Gasteiger charge is -2.50. The Morgan fingerprint density at radius 2 is 1.94 bits per heavy atom. The molecule has 248 valence electrons. The first-order valence-corrected chi connectivity index (χ1v) is 15.4. The van der Waals surface area contributed by atoms with Crippen molar-refractivity contribution in [1.82, 2.24) is 44.6 Å². The Labute approximate surface area is 269 Å². The molecule has 2 saturated heterocycles. The van der Waals surface area contributed by atoms with Crippen LogP contribution in [-0.2, 0) is 16.5 Å². The zero-order valence-electron chi connectivity index (χ0n) is 26.2. The van der Waals surface area contributed by atoms with Crippen LogP contribution >= 0.6 is 0 Å². The summed E-state index contributed by atoms with van der Waals surface area (Å²) in [5.41, 5.74) is 3.14. The summed E-state index contributed by atoms with van der Waals surface area (Å²) in [7, 11) is 0. The maximum absolute atomic E-state index is 13.2. The van der Waals surface area contributed by atoms with Crippen LogP contribution in [0.1, 0.15) is 32.3 Å². The van der Waals surface area contributed by atoms with E-state index in [1.165, 1.54) is 4.68 Å². The molecule has 0 radical (unpaired) electrons. The van der Waals surface area contributed by atoms with Gasteiger partial charge in [0.15, 0.2) is 5.65 Å². The van der Waals surface area contributed by atoms with Gasteiger partial charge in [0, 0.05) is 57.9 Å². The molecule has 47 heavy (non-hydrogen) atoms. The van der Waals surface area contributed by atoms with Gasteiger partial charge in [-0.1, -0.05) is 0 Å². The number of hydrazine groups is 1. The Hall–Kier alpha value is -4.87. The van der Waals surface area contributed by atoms with Gasteiger partial charge in [0.2, 0.25) is 11.9 Å². The highest BCUT2D eigenvalue weighted by Crippen LogP contribution is 2.39. The number of rotatable bonds is 10. The van der Waals surface area contributed by atoms with Crippen LogP contribution in [0.5, 0.6) is 0 Å². The van der Waals surface area contributed by atoms with Crippen molar-refractivity contribution in [2.24, 2.45) is 5.41 Å². The van der Waals surface area contributed by atoms with Crippen LogP contribution in [0.3, 0.4) is 0 Å². The summed E-state index contributed by atoms with van der Waals surface area (Å²) >= 11 is 0. The minimum Gasteiger partial charge on any atom is -0.363 e. The number of alkyl halides is 3. The van der Waals surface area contributed by atoms with Crippen molar-refractivity contribution in [3.8, 4) is 12.1 Å². The number of aromatic nitrogens is 5. The number of hydrogen-bond donors (Lipinski definition) is 2. The molecule has 2 N–H and O–H groups in total. The molecule has 2 fully saturated rings. The summed E-state index contributed by atoms with van der Waals surface area (Å²) in [6.45, 7) is 8.76. The fraction of sp³-hybridized carbons (Fsp3) is 0.533. The third kappa shape index (κ3) is 6.81. The van der Waals surface area contributed by atoms with Crippen molar-refractivity contribution < 1.29 is 18.0 Å². The molecule has 3 aliphatic heterocycles. The number of nitrogens with one attached hydrogen (secondary N) is 2. The molecule has 0 aliphatic carbocycles. The number of carbonyl (C=O) groups is 1. The number of halogens is 3. The van der Waals surface area contributed by atoms with E-state index in [0.29, 0.717) is 31.2 Å². The van der Waals surface area contributed by atoms with Crippen LogP contribution in [0.4, 0.5) is 24.8 Å². The topological polar surface area (TPSA) is 150 Å². The lowest BCUT2D eigenvalue weighted by atomic mass is 9.86. The summed E-state index contributed by atoms with van der Waals surface area (Å²) in [5, 5.41) is 32.1. The molecule has 14 nitrogen and oxygen atoms in total. The van der Waals surface area contributed by atoms with E-state index in [1.807, 2.05) is 35.9 Å². The summed E-state index contributed by atoms with van der Waals surface area (Å²) in [6.07, 6.45) is 1.58. The summed E-state index contributed by atoms with van der Waals surface area (Å²) in [6, 6.07) is 8.09. The molecular weight excluding hydrogens is 615 g/mol. The van der Waals surface area contributed by atoms with Crippen LogP contribution in [0, 0.1) is 28.1 Å². The monoisotopic (exact) mass is 651 g/mol. The molecule has 3 aromatic rings. The molecule has 0 aromatic carbocycles. The summed E-state index contributed by atoms with van der Waals surface area (Å²) in [5.74, 6) is 0.370. The molecule has 3 aromatic heterocycles. The average molecular weight is 652 g/mol. The molecule has 6 heterocycles. The number of pyridine rings is 1. The highest BCUT2D eigenvalue weighted by Gasteiger charge is 2.47. The third-order valence-electron chi connectivity index (χ3n) is 8.90. The number of nitrogens with zero attached hydrogens (tertiary/aromatic N) is 11. The number of carbonyl (C=O) groups excluding carboxylic acids is 1. The predicted octanol–water partition coefficient (Wildman–Crippen LogP) is 2.23. The van der Waals surface area contributed by atoms with Crippen molar-refractivity contribution >= 4 is 23.2 Å². The Morgan fingerprint density at radius 1 is 1.17 bits per heavy atom. The van der Waals surface area contributed by atoms with Gasteiger partial charge < -0.3 is 20.1 Å². The Balaban J connectivity index is 1.05. The minimum absolute atomic E-state index is 0.00326. The van der Waals surface area contributed by atoms with Crippen molar-refractivity contribution in [3.05, 3.63) is 48.2 Å². The number of nitriles is 2. The van der Waals surface area contributed by atoms with Gasteiger partial charge in [0.1, 0.15) is 12.1 Å². The Kier molecular flexibility index (Phi) is 8.46. The van der Waals surface area contributed by atoms with Gasteiger partial charge in [0.05, 0.1) is 53.7 Å². The number of hydrogen-bond acceptors (Lipinski definition) is 11. The largest absolute Gasteiger partial charge is 0.419 e. The highest BCUT2D eigenvalue weighted by molar-refractivity contribution is 5.78. The number of piperazine rings is 1. The quantitative estimate of drug-likeness (QED) is 0.332. The molecule has 6 rings (SSSR count). The van der Waals surface area contributed by atoms with Crippen molar-refractivity contribution in [2.75, 3.05) is 69.1 Å². The van der Waals surface area contributed by atoms with Crippen LogP contribution in [0.25, 0.3) is 5.65 Å². The maximum Gasteiger partial charge on any atom is 0.419 e. The summed E-state index contributed by atoms with van der Waals surface area (Å²) in [4.78, 5) is 23.8. The van der Waals surface area contributed by atoms with Crippen LogP contribution < -0.4 is 15.6 Å². The van der Waals surface area contributed by atoms with Gasteiger partial charge in [-0.15, -0.1) is 5.10 Å². The number of anilines is 2. The van der Waals surface area contributed by atoms with E-state index in [-0.39, 0.29) is 37.4 Å². The number of amides is 1. The molecule has 0 saturated carbocycles. The first-order valence-electron chi connectivity index (χ1n) is 15.4. The van der Waals surface area contributed by atoms with Crippen molar-refractivity contribution in [1.29, 1.82) is 10.5 Å². The van der Waals surface area contributed by atoms with E-state index in [9.17, 15) is 28.5 Å². The second-order valence-corrected chi connectivity index (χ2v) is 12.9. The van der Waals surface area contributed by atoms with Gasteiger partial charge in [-0.2, -0.15) is 33.8 Å². The molecule has 1 amide bonds. The minimum atomic E-state index is -4.52.